The van der Waals surface area contributed by atoms with Crippen LogP contribution in [0.3, 0.4) is 0 Å². The molecule has 2 fully saturated rings. The van der Waals surface area contributed by atoms with Crippen molar-refractivity contribution < 1.29 is 14.3 Å². The SMILES string of the molecule is CC1C2C(C(=O)N1C(Cc1ccccc1)C1=COCO1)C(c1ccc(Br)cc1)N(C)C2(C)C. The van der Waals surface area contributed by atoms with E-state index >= 15 is 0 Å². The van der Waals surface area contributed by atoms with Crippen LogP contribution < -0.4 is 0 Å². The first-order chi connectivity index (χ1) is 15.8. The Balaban J connectivity index is 1.54. The van der Waals surface area contributed by atoms with Crippen molar-refractivity contribution >= 4 is 21.8 Å². The number of hydrogen-bond donors (Lipinski definition) is 0. The predicted molar refractivity (Wildman–Crippen MR) is 131 cm³/mol. The van der Waals surface area contributed by atoms with E-state index in [1.807, 2.05) is 18.2 Å². The number of carbonyl (C=O) groups excluding carboxylic acids is 1. The van der Waals surface area contributed by atoms with E-state index in [1.165, 1.54) is 11.1 Å². The maximum Gasteiger partial charge on any atom is 0.229 e. The molecular weight excluding hydrogens is 480 g/mol. The molecule has 2 aromatic carbocycles. The summed E-state index contributed by atoms with van der Waals surface area (Å²) in [6.07, 6.45) is 2.38. The third-order valence-electron chi connectivity index (χ3n) is 8.01. The van der Waals surface area contributed by atoms with Crippen LogP contribution in [0.5, 0.6) is 0 Å². The average Bonchev–Trinajstić information content (AvgIpc) is 3.47. The van der Waals surface area contributed by atoms with Crippen molar-refractivity contribution in [1.82, 2.24) is 9.80 Å². The van der Waals surface area contributed by atoms with Crippen LogP contribution in [0, 0.1) is 11.8 Å². The van der Waals surface area contributed by atoms with Gasteiger partial charge in [0.05, 0.1) is 12.0 Å². The van der Waals surface area contributed by atoms with Crippen molar-refractivity contribution in [2.45, 2.75) is 50.9 Å². The molecule has 0 aliphatic carbocycles. The van der Waals surface area contributed by atoms with Gasteiger partial charge in [-0.1, -0.05) is 58.4 Å². The fourth-order valence-corrected chi connectivity index (χ4v) is 6.59. The lowest BCUT2D eigenvalue weighted by atomic mass is 9.78. The fraction of sp³-hybridized carbons (Fsp3) is 0.444. The summed E-state index contributed by atoms with van der Waals surface area (Å²) in [5.41, 5.74) is 2.23. The lowest BCUT2D eigenvalue weighted by Crippen LogP contribution is -2.51. The smallest absolute Gasteiger partial charge is 0.229 e. The highest BCUT2D eigenvalue weighted by atomic mass is 79.9. The third-order valence-corrected chi connectivity index (χ3v) is 8.54. The van der Waals surface area contributed by atoms with E-state index in [0.717, 1.165) is 10.2 Å². The second kappa shape index (κ2) is 8.48. The van der Waals surface area contributed by atoms with Gasteiger partial charge in [0.15, 0.2) is 5.76 Å². The quantitative estimate of drug-likeness (QED) is 0.558. The van der Waals surface area contributed by atoms with Crippen LogP contribution >= 0.6 is 15.9 Å². The zero-order chi connectivity index (χ0) is 23.3. The second-order valence-electron chi connectivity index (χ2n) is 9.95. The molecule has 0 saturated carbocycles. The van der Waals surface area contributed by atoms with E-state index in [4.69, 9.17) is 9.47 Å². The Morgan fingerprint density at radius 1 is 1.12 bits per heavy atom. The van der Waals surface area contributed by atoms with Crippen LogP contribution in [0.25, 0.3) is 0 Å². The van der Waals surface area contributed by atoms with Crippen LogP contribution in [-0.2, 0) is 20.7 Å². The summed E-state index contributed by atoms with van der Waals surface area (Å²) in [4.78, 5) is 18.7. The predicted octanol–water partition coefficient (Wildman–Crippen LogP) is 5.13. The summed E-state index contributed by atoms with van der Waals surface area (Å²) in [6.45, 7) is 6.96. The third kappa shape index (κ3) is 3.68. The molecular formula is C27H31BrN2O3. The largest absolute Gasteiger partial charge is 0.462 e. The molecule has 5 atom stereocenters. The fourth-order valence-electron chi connectivity index (χ4n) is 6.32. The monoisotopic (exact) mass is 510 g/mol. The van der Waals surface area contributed by atoms with Crippen LogP contribution in [0.1, 0.15) is 37.9 Å². The minimum absolute atomic E-state index is 0.0325. The lowest BCUT2D eigenvalue weighted by molar-refractivity contribution is -0.135. The molecule has 0 aromatic heterocycles. The molecule has 2 aromatic rings. The first-order valence-electron chi connectivity index (χ1n) is 11.6. The molecule has 6 heteroatoms. The number of halogens is 1. The number of carbonyl (C=O) groups is 1. The molecule has 5 unspecified atom stereocenters. The number of benzene rings is 2. The Morgan fingerprint density at radius 2 is 1.82 bits per heavy atom. The van der Waals surface area contributed by atoms with E-state index < -0.39 is 0 Å². The molecule has 3 aliphatic rings. The molecule has 0 bridgehead atoms. The molecule has 174 valence electrons. The minimum atomic E-state index is -0.185. The van der Waals surface area contributed by atoms with Gasteiger partial charge in [-0.25, -0.2) is 0 Å². The number of fused-ring (bicyclic) bond motifs is 1. The van der Waals surface area contributed by atoms with E-state index in [-0.39, 0.29) is 48.2 Å². The molecule has 3 heterocycles. The second-order valence-corrected chi connectivity index (χ2v) is 10.9. The van der Waals surface area contributed by atoms with Crippen molar-refractivity contribution in [3.8, 4) is 0 Å². The maximum absolute atomic E-state index is 14.2. The van der Waals surface area contributed by atoms with Crippen molar-refractivity contribution in [3.63, 3.8) is 0 Å². The Bertz CT molecular complexity index is 1050. The summed E-state index contributed by atoms with van der Waals surface area (Å²) < 4.78 is 12.3. The number of hydrogen-bond acceptors (Lipinski definition) is 4. The Labute approximate surface area is 204 Å². The minimum Gasteiger partial charge on any atom is -0.462 e. The summed E-state index contributed by atoms with van der Waals surface area (Å²) >= 11 is 3.55. The number of ether oxygens (including phenoxy) is 2. The number of nitrogens with zero attached hydrogens (tertiary/aromatic N) is 2. The first kappa shape index (κ1) is 22.5. The highest BCUT2D eigenvalue weighted by Gasteiger charge is 2.64. The molecule has 0 radical (unpaired) electrons. The van der Waals surface area contributed by atoms with Crippen LogP contribution in [-0.4, -0.2) is 47.2 Å². The lowest BCUT2D eigenvalue weighted by Gasteiger charge is -2.41. The van der Waals surface area contributed by atoms with E-state index in [2.05, 4.69) is 89.9 Å². The standard InChI is InChI=1S/C27H31BrN2O3/c1-17-24-23(25(29(4)27(24,2)3)19-10-12-20(28)13-11-19)26(31)30(17)21(22-15-32-16-33-22)14-18-8-6-5-7-9-18/h5-13,15,17,21,23-25H,14,16H2,1-4H3. The topological polar surface area (TPSA) is 42.0 Å². The highest BCUT2D eigenvalue weighted by molar-refractivity contribution is 9.10. The van der Waals surface area contributed by atoms with Crippen molar-refractivity contribution in [3.05, 3.63) is 82.2 Å². The zero-order valence-electron chi connectivity index (χ0n) is 19.6. The van der Waals surface area contributed by atoms with Crippen LogP contribution in [0.2, 0.25) is 0 Å². The van der Waals surface area contributed by atoms with E-state index in [0.29, 0.717) is 6.42 Å². The van der Waals surface area contributed by atoms with Crippen molar-refractivity contribution in [2.24, 2.45) is 11.8 Å². The van der Waals surface area contributed by atoms with Crippen molar-refractivity contribution in [2.75, 3.05) is 13.8 Å². The van der Waals surface area contributed by atoms with Crippen LogP contribution in [0.4, 0.5) is 0 Å². The van der Waals surface area contributed by atoms with E-state index in [1.54, 1.807) is 6.26 Å². The van der Waals surface area contributed by atoms with Gasteiger partial charge in [-0.2, -0.15) is 0 Å². The van der Waals surface area contributed by atoms with Gasteiger partial charge < -0.3 is 14.4 Å². The van der Waals surface area contributed by atoms with Gasteiger partial charge >= 0.3 is 0 Å². The Morgan fingerprint density at radius 3 is 2.45 bits per heavy atom. The highest BCUT2D eigenvalue weighted by Crippen LogP contribution is 2.56. The van der Waals surface area contributed by atoms with Gasteiger partial charge in [0.25, 0.3) is 0 Å². The number of likely N-dealkylation sites (tertiary alicyclic amines) is 2. The average molecular weight is 511 g/mol. The van der Waals surface area contributed by atoms with E-state index in [9.17, 15) is 4.79 Å². The van der Waals surface area contributed by atoms with Gasteiger partial charge in [-0.3, -0.25) is 9.69 Å². The Kier molecular flexibility index (Phi) is 5.78. The van der Waals surface area contributed by atoms with Gasteiger partial charge in [-0.05, 0) is 51.1 Å². The molecule has 0 N–H and O–H groups in total. The molecule has 3 aliphatic heterocycles. The van der Waals surface area contributed by atoms with Gasteiger partial charge in [0.1, 0.15) is 6.26 Å². The molecule has 2 saturated heterocycles. The zero-order valence-corrected chi connectivity index (χ0v) is 21.2. The number of rotatable bonds is 5. The molecule has 0 spiro atoms. The van der Waals surface area contributed by atoms with Crippen LogP contribution in [0.15, 0.2) is 71.1 Å². The van der Waals surface area contributed by atoms with Gasteiger partial charge in [-0.15, -0.1) is 0 Å². The van der Waals surface area contributed by atoms with Gasteiger partial charge in [0.2, 0.25) is 12.7 Å². The molecule has 5 rings (SSSR count). The molecule has 33 heavy (non-hydrogen) atoms. The summed E-state index contributed by atoms with van der Waals surface area (Å²) in [6, 6.07) is 18.6. The summed E-state index contributed by atoms with van der Waals surface area (Å²) in [5.74, 6) is 1.03. The van der Waals surface area contributed by atoms with Crippen molar-refractivity contribution in [1.29, 1.82) is 0 Å². The molecule has 5 nitrogen and oxygen atoms in total. The maximum atomic E-state index is 14.2. The summed E-state index contributed by atoms with van der Waals surface area (Å²) in [5, 5.41) is 0. The number of amides is 1. The normalized spacial score (nSPS) is 29.4. The molecule has 1 amide bonds. The first-order valence-corrected chi connectivity index (χ1v) is 12.4. The summed E-state index contributed by atoms with van der Waals surface area (Å²) in [7, 11) is 2.16. The Hall–Kier alpha value is -2.31. The van der Waals surface area contributed by atoms with Gasteiger partial charge in [0, 0.05) is 34.4 Å².